The first-order valence-corrected chi connectivity index (χ1v) is 6.36. The Kier molecular flexibility index (Phi) is 4.11. The van der Waals surface area contributed by atoms with Crippen LogP contribution in [0, 0.1) is 0 Å². The minimum absolute atomic E-state index is 0.723. The van der Waals surface area contributed by atoms with Crippen molar-refractivity contribution in [3.05, 3.63) is 23.1 Å². The highest BCUT2D eigenvalue weighted by Gasteiger charge is 2.13. The van der Waals surface area contributed by atoms with Crippen molar-refractivity contribution in [1.29, 1.82) is 0 Å². The summed E-state index contributed by atoms with van der Waals surface area (Å²) in [7, 11) is 0. The maximum atomic E-state index is 10.9. The first-order chi connectivity index (χ1) is 8.66. The van der Waals surface area contributed by atoms with Crippen LogP contribution in [0.3, 0.4) is 0 Å². The molecule has 2 heterocycles. The molecule has 5 nitrogen and oxygen atoms in total. The monoisotopic (exact) mass is 267 g/mol. The Labute approximate surface area is 108 Å². The number of carbonyl (C=O) groups is 2. The highest BCUT2D eigenvalue weighted by Crippen LogP contribution is 2.27. The third-order valence-corrected chi connectivity index (χ3v) is 3.66. The second-order valence-corrected chi connectivity index (χ2v) is 4.87. The van der Waals surface area contributed by atoms with Crippen LogP contribution in [-0.4, -0.2) is 43.2 Å². The molecular weight excluding hydrogens is 254 g/mol. The highest BCUT2D eigenvalue weighted by molar-refractivity contribution is 7.16. The maximum absolute atomic E-state index is 10.9. The van der Waals surface area contributed by atoms with Crippen molar-refractivity contribution >= 4 is 34.2 Å². The highest BCUT2D eigenvalue weighted by atomic mass is 32.1. The molecule has 1 aromatic heterocycles. The van der Waals surface area contributed by atoms with E-state index in [-0.39, 0.29) is 0 Å². The van der Waals surface area contributed by atoms with Crippen LogP contribution in [0.5, 0.6) is 0 Å². The summed E-state index contributed by atoms with van der Waals surface area (Å²) < 4.78 is 5.27. The molecule has 0 atom stereocenters. The summed E-state index contributed by atoms with van der Waals surface area (Å²) in [5.74, 6) is -2.34. The molecule has 1 aromatic rings. The van der Waals surface area contributed by atoms with E-state index in [0.29, 0.717) is 0 Å². The largest absolute Gasteiger partial charge is 0.475 e. The average molecular weight is 267 g/mol. The molecule has 0 spiro atoms. The molecule has 0 bridgehead atoms. The fourth-order valence-electron chi connectivity index (χ4n) is 1.61. The van der Waals surface area contributed by atoms with E-state index < -0.39 is 11.8 Å². The minimum atomic E-state index is -1.43. The number of carboxylic acids is 1. The van der Waals surface area contributed by atoms with Crippen molar-refractivity contribution < 1.29 is 19.4 Å². The lowest BCUT2D eigenvalue weighted by Crippen LogP contribution is -2.35. The first-order valence-electron chi connectivity index (χ1n) is 5.54. The van der Waals surface area contributed by atoms with Gasteiger partial charge in [0.05, 0.1) is 18.2 Å². The van der Waals surface area contributed by atoms with Gasteiger partial charge in [-0.2, -0.15) is 0 Å². The van der Waals surface area contributed by atoms with E-state index in [4.69, 9.17) is 9.84 Å². The molecule has 96 valence electrons. The third-order valence-electron chi connectivity index (χ3n) is 2.55. The Balaban J connectivity index is 2.01. The van der Waals surface area contributed by atoms with Gasteiger partial charge in [-0.25, -0.2) is 4.79 Å². The van der Waals surface area contributed by atoms with Crippen molar-refractivity contribution in [2.24, 2.45) is 0 Å². The number of ketones is 1. The Morgan fingerprint density at radius 3 is 2.72 bits per heavy atom. The van der Waals surface area contributed by atoms with Crippen LogP contribution < -0.4 is 4.90 Å². The Hall–Kier alpha value is -1.66. The maximum Gasteiger partial charge on any atom is 0.376 e. The standard InChI is InChI=1S/C12H13NO4S/c14-10(12(15)16)3-1-9-2-4-11(18-9)13-5-7-17-8-6-13/h1-4H,5-8H2,(H,15,16)/b3-1+. The number of morpholine rings is 1. The molecule has 0 saturated carbocycles. The van der Waals surface area contributed by atoms with Gasteiger partial charge < -0.3 is 14.7 Å². The summed E-state index contributed by atoms with van der Waals surface area (Å²) in [6, 6.07) is 3.85. The number of rotatable bonds is 4. The molecule has 1 fully saturated rings. The van der Waals surface area contributed by atoms with Crippen LogP contribution in [0.1, 0.15) is 4.88 Å². The average Bonchev–Trinajstić information content (AvgIpc) is 2.85. The van der Waals surface area contributed by atoms with Gasteiger partial charge in [-0.1, -0.05) is 0 Å². The summed E-state index contributed by atoms with van der Waals surface area (Å²) in [6.45, 7) is 3.16. The lowest BCUT2D eigenvalue weighted by molar-refractivity contribution is -0.146. The molecule has 0 aromatic carbocycles. The lowest BCUT2D eigenvalue weighted by atomic mass is 10.3. The Morgan fingerprint density at radius 1 is 1.33 bits per heavy atom. The van der Waals surface area contributed by atoms with Gasteiger partial charge in [-0.15, -0.1) is 11.3 Å². The quantitative estimate of drug-likeness (QED) is 0.657. The molecule has 0 unspecified atom stereocenters. The second-order valence-electron chi connectivity index (χ2n) is 3.78. The first kappa shape index (κ1) is 12.8. The Morgan fingerprint density at radius 2 is 2.06 bits per heavy atom. The van der Waals surface area contributed by atoms with Gasteiger partial charge in [0.25, 0.3) is 5.78 Å². The van der Waals surface area contributed by atoms with E-state index in [1.165, 1.54) is 17.4 Å². The van der Waals surface area contributed by atoms with E-state index in [1.54, 1.807) is 0 Å². The van der Waals surface area contributed by atoms with E-state index in [2.05, 4.69) is 4.90 Å². The number of aliphatic carboxylic acids is 1. The topological polar surface area (TPSA) is 66.8 Å². The summed E-state index contributed by atoms with van der Waals surface area (Å²) in [5.41, 5.74) is 0. The van der Waals surface area contributed by atoms with Crippen molar-refractivity contribution in [2.75, 3.05) is 31.2 Å². The zero-order valence-corrected chi connectivity index (χ0v) is 10.5. The van der Waals surface area contributed by atoms with Crippen molar-refractivity contribution in [3.8, 4) is 0 Å². The third kappa shape index (κ3) is 3.18. The summed E-state index contributed by atoms with van der Waals surface area (Å²) >= 11 is 1.53. The van der Waals surface area contributed by atoms with Crippen LogP contribution in [0.4, 0.5) is 5.00 Å². The normalized spacial score (nSPS) is 16.1. The molecule has 6 heteroatoms. The molecule has 0 aliphatic carbocycles. The van der Waals surface area contributed by atoms with Gasteiger partial charge in [0.1, 0.15) is 0 Å². The SMILES string of the molecule is O=C(O)C(=O)/C=C/c1ccc(N2CCOCC2)s1. The van der Waals surface area contributed by atoms with Gasteiger partial charge in [0.2, 0.25) is 0 Å². The number of thiophene rings is 1. The molecule has 2 rings (SSSR count). The molecule has 0 radical (unpaired) electrons. The summed E-state index contributed by atoms with van der Waals surface area (Å²) in [5, 5.41) is 9.56. The molecule has 1 aliphatic rings. The predicted octanol–water partition coefficient (Wildman–Crippen LogP) is 1.25. The fourth-order valence-corrected chi connectivity index (χ4v) is 2.58. The number of carboxylic acid groups (broad SMARTS) is 1. The molecule has 1 aliphatic heterocycles. The number of nitrogens with zero attached hydrogens (tertiary/aromatic N) is 1. The van der Waals surface area contributed by atoms with Gasteiger partial charge in [0, 0.05) is 18.0 Å². The van der Waals surface area contributed by atoms with Crippen LogP contribution in [-0.2, 0) is 14.3 Å². The molecule has 0 amide bonds. The Bertz CT molecular complexity index is 474. The van der Waals surface area contributed by atoms with Crippen molar-refractivity contribution in [2.45, 2.75) is 0 Å². The minimum Gasteiger partial charge on any atom is -0.475 e. The molecule has 1 saturated heterocycles. The van der Waals surface area contributed by atoms with Crippen molar-refractivity contribution in [1.82, 2.24) is 0 Å². The number of hydrogen-bond acceptors (Lipinski definition) is 5. The van der Waals surface area contributed by atoms with E-state index in [1.807, 2.05) is 12.1 Å². The van der Waals surface area contributed by atoms with Crippen LogP contribution in [0.25, 0.3) is 6.08 Å². The van der Waals surface area contributed by atoms with Crippen LogP contribution in [0.15, 0.2) is 18.2 Å². The van der Waals surface area contributed by atoms with Crippen molar-refractivity contribution in [3.63, 3.8) is 0 Å². The van der Waals surface area contributed by atoms with Gasteiger partial charge in [-0.05, 0) is 24.3 Å². The number of anilines is 1. The number of carbonyl (C=O) groups excluding carboxylic acids is 1. The number of ether oxygens (including phenoxy) is 1. The molecular formula is C12H13NO4S. The summed E-state index contributed by atoms with van der Waals surface area (Å²) in [6.07, 6.45) is 2.61. The zero-order valence-electron chi connectivity index (χ0n) is 9.67. The van der Waals surface area contributed by atoms with E-state index >= 15 is 0 Å². The molecule has 1 N–H and O–H groups in total. The van der Waals surface area contributed by atoms with Crippen LogP contribution >= 0.6 is 11.3 Å². The zero-order chi connectivity index (χ0) is 13.0. The number of hydrogen-bond donors (Lipinski definition) is 1. The lowest BCUT2D eigenvalue weighted by Gasteiger charge is -2.27. The smallest absolute Gasteiger partial charge is 0.376 e. The van der Waals surface area contributed by atoms with Crippen LogP contribution in [0.2, 0.25) is 0 Å². The van der Waals surface area contributed by atoms with Gasteiger partial charge in [0.15, 0.2) is 0 Å². The fraction of sp³-hybridized carbons (Fsp3) is 0.333. The summed E-state index contributed by atoms with van der Waals surface area (Å²) in [4.78, 5) is 24.3. The van der Waals surface area contributed by atoms with Gasteiger partial charge >= 0.3 is 5.97 Å². The van der Waals surface area contributed by atoms with E-state index in [0.717, 1.165) is 42.3 Å². The van der Waals surface area contributed by atoms with Gasteiger partial charge in [-0.3, -0.25) is 4.79 Å². The second kappa shape index (κ2) is 5.79. The predicted molar refractivity (Wildman–Crippen MR) is 69.0 cm³/mol. The van der Waals surface area contributed by atoms with E-state index in [9.17, 15) is 9.59 Å². The molecule has 18 heavy (non-hydrogen) atoms.